The van der Waals surface area contributed by atoms with Crippen molar-refractivity contribution in [1.29, 1.82) is 0 Å². The summed E-state index contributed by atoms with van der Waals surface area (Å²) in [7, 11) is 1.96. The fraction of sp³-hybridized carbons (Fsp3) is 0.643. The summed E-state index contributed by atoms with van der Waals surface area (Å²) >= 11 is 1.43. The molecule has 2 heterocycles. The van der Waals surface area contributed by atoms with Crippen LogP contribution in [0.5, 0.6) is 0 Å². The number of carbonyl (C=O) groups is 1. The monoisotopic (exact) mass is 294 g/mol. The van der Waals surface area contributed by atoms with E-state index in [4.69, 9.17) is 0 Å². The minimum absolute atomic E-state index is 0.191. The van der Waals surface area contributed by atoms with Crippen LogP contribution < -0.4 is 5.32 Å². The van der Waals surface area contributed by atoms with E-state index in [1.807, 2.05) is 31.9 Å². The Kier molecular flexibility index (Phi) is 5.37. The smallest absolute Gasteiger partial charge is 0.233 e. The summed E-state index contributed by atoms with van der Waals surface area (Å²) in [6.07, 6.45) is 1.09. The average molecular weight is 294 g/mol. The Hall–Kier alpha value is -1.14. The molecule has 1 saturated heterocycles. The Bertz CT molecular complexity index is 460. The minimum Gasteiger partial charge on any atom is -0.342 e. The van der Waals surface area contributed by atoms with E-state index in [0.29, 0.717) is 16.8 Å². The van der Waals surface area contributed by atoms with Crippen molar-refractivity contribution in [3.63, 3.8) is 0 Å². The third-order valence-electron chi connectivity index (χ3n) is 3.42. The van der Waals surface area contributed by atoms with Gasteiger partial charge in [0.1, 0.15) is 0 Å². The van der Waals surface area contributed by atoms with Crippen LogP contribution in [0.3, 0.4) is 0 Å². The molecule has 2 rings (SSSR count). The fourth-order valence-corrected chi connectivity index (χ4v) is 3.34. The number of carbonyl (C=O) groups excluding carboxylic acids is 1. The highest BCUT2D eigenvalue weighted by Gasteiger charge is 2.25. The molecule has 1 aromatic rings. The molecule has 1 atom stereocenters. The molecule has 6 heteroatoms. The van der Waals surface area contributed by atoms with Crippen molar-refractivity contribution in [2.75, 3.05) is 32.4 Å². The van der Waals surface area contributed by atoms with Crippen molar-refractivity contribution < 1.29 is 4.79 Å². The number of rotatable bonds is 5. The number of aromatic nitrogens is 2. The van der Waals surface area contributed by atoms with Gasteiger partial charge < -0.3 is 10.2 Å². The van der Waals surface area contributed by atoms with Gasteiger partial charge in [-0.25, -0.2) is 9.97 Å². The maximum absolute atomic E-state index is 12.2. The van der Waals surface area contributed by atoms with E-state index in [0.717, 1.165) is 37.4 Å². The SMILES string of the molecule is CNCC1CCN(C(=O)CSc2nc(C)cc(C)n2)C1. The van der Waals surface area contributed by atoms with Crippen LogP contribution >= 0.6 is 11.8 Å². The zero-order valence-corrected chi connectivity index (χ0v) is 13.2. The van der Waals surface area contributed by atoms with E-state index in [1.165, 1.54) is 11.8 Å². The largest absolute Gasteiger partial charge is 0.342 e. The molecule has 0 bridgehead atoms. The maximum Gasteiger partial charge on any atom is 0.233 e. The second-order valence-corrected chi connectivity index (χ2v) is 6.22. The van der Waals surface area contributed by atoms with Gasteiger partial charge in [-0.05, 0) is 45.8 Å². The first-order valence-electron chi connectivity index (χ1n) is 6.96. The molecule has 0 spiro atoms. The zero-order valence-electron chi connectivity index (χ0n) is 12.3. The standard InChI is InChI=1S/C14H22N4OS/c1-10-6-11(2)17-14(16-10)20-9-13(19)18-5-4-12(8-18)7-15-3/h6,12,15H,4-5,7-9H2,1-3H3. The molecule has 1 amide bonds. The van der Waals surface area contributed by atoms with Crippen LogP contribution in [-0.4, -0.2) is 53.2 Å². The Morgan fingerprint density at radius 2 is 2.15 bits per heavy atom. The molecule has 110 valence electrons. The van der Waals surface area contributed by atoms with Crippen LogP contribution in [-0.2, 0) is 4.79 Å². The third-order valence-corrected chi connectivity index (χ3v) is 4.25. The number of aryl methyl sites for hydroxylation is 2. The zero-order chi connectivity index (χ0) is 14.5. The molecular weight excluding hydrogens is 272 g/mol. The number of amides is 1. The van der Waals surface area contributed by atoms with Gasteiger partial charge in [-0.15, -0.1) is 0 Å². The van der Waals surface area contributed by atoms with Gasteiger partial charge >= 0.3 is 0 Å². The van der Waals surface area contributed by atoms with Gasteiger partial charge in [-0.2, -0.15) is 0 Å². The summed E-state index contributed by atoms with van der Waals surface area (Å²) in [4.78, 5) is 22.8. The molecule has 1 fully saturated rings. The first-order valence-corrected chi connectivity index (χ1v) is 7.94. The first kappa shape index (κ1) is 15.3. The van der Waals surface area contributed by atoms with Gasteiger partial charge in [-0.1, -0.05) is 11.8 Å². The molecule has 1 N–H and O–H groups in total. The van der Waals surface area contributed by atoms with Gasteiger partial charge in [0.15, 0.2) is 5.16 Å². The lowest BCUT2D eigenvalue weighted by Crippen LogP contribution is -2.31. The highest BCUT2D eigenvalue weighted by molar-refractivity contribution is 7.99. The Balaban J connectivity index is 1.83. The van der Waals surface area contributed by atoms with Crippen LogP contribution in [0.1, 0.15) is 17.8 Å². The summed E-state index contributed by atoms with van der Waals surface area (Å²) in [6.45, 7) is 6.62. The first-order chi connectivity index (χ1) is 9.58. The van der Waals surface area contributed by atoms with E-state index in [-0.39, 0.29) is 5.91 Å². The number of thioether (sulfide) groups is 1. The highest BCUT2D eigenvalue weighted by atomic mass is 32.2. The molecule has 1 aromatic heterocycles. The van der Waals surface area contributed by atoms with Crippen molar-refractivity contribution in [1.82, 2.24) is 20.2 Å². The Morgan fingerprint density at radius 3 is 2.80 bits per heavy atom. The van der Waals surface area contributed by atoms with Gasteiger partial charge in [0, 0.05) is 24.5 Å². The predicted molar refractivity (Wildman–Crippen MR) is 80.8 cm³/mol. The summed E-state index contributed by atoms with van der Waals surface area (Å²) < 4.78 is 0. The molecule has 5 nitrogen and oxygen atoms in total. The number of hydrogen-bond acceptors (Lipinski definition) is 5. The number of likely N-dealkylation sites (tertiary alicyclic amines) is 1. The summed E-state index contributed by atoms with van der Waals surface area (Å²) in [5, 5.41) is 3.87. The van der Waals surface area contributed by atoms with Gasteiger partial charge in [0.2, 0.25) is 5.91 Å². The van der Waals surface area contributed by atoms with Gasteiger partial charge in [-0.3, -0.25) is 4.79 Å². The number of nitrogens with zero attached hydrogens (tertiary/aromatic N) is 3. The molecule has 1 aliphatic rings. The van der Waals surface area contributed by atoms with Crippen molar-refractivity contribution in [3.05, 3.63) is 17.5 Å². The summed E-state index contributed by atoms with van der Waals surface area (Å²) in [5.74, 6) is 1.21. The van der Waals surface area contributed by atoms with Crippen LogP contribution in [0.2, 0.25) is 0 Å². The third kappa shape index (κ3) is 4.18. The van der Waals surface area contributed by atoms with Gasteiger partial charge in [0.25, 0.3) is 0 Å². The van der Waals surface area contributed by atoms with E-state index >= 15 is 0 Å². The molecular formula is C14H22N4OS. The van der Waals surface area contributed by atoms with Crippen molar-refractivity contribution in [2.24, 2.45) is 5.92 Å². The molecule has 1 unspecified atom stereocenters. The fourth-order valence-electron chi connectivity index (χ4n) is 2.49. The van der Waals surface area contributed by atoms with Crippen LogP contribution in [0, 0.1) is 19.8 Å². The molecule has 1 aliphatic heterocycles. The molecule has 0 radical (unpaired) electrons. The normalized spacial score (nSPS) is 18.6. The highest BCUT2D eigenvalue weighted by Crippen LogP contribution is 2.19. The lowest BCUT2D eigenvalue weighted by Gasteiger charge is -2.16. The van der Waals surface area contributed by atoms with E-state index < -0.39 is 0 Å². The second-order valence-electron chi connectivity index (χ2n) is 5.27. The van der Waals surface area contributed by atoms with Crippen LogP contribution in [0.15, 0.2) is 11.2 Å². The maximum atomic E-state index is 12.2. The molecule has 20 heavy (non-hydrogen) atoms. The predicted octanol–water partition coefficient (Wildman–Crippen LogP) is 1.25. The van der Waals surface area contributed by atoms with Crippen molar-refractivity contribution in [2.45, 2.75) is 25.4 Å². The molecule has 0 aliphatic carbocycles. The minimum atomic E-state index is 0.191. The molecule has 0 saturated carbocycles. The number of hydrogen-bond donors (Lipinski definition) is 1. The van der Waals surface area contributed by atoms with Crippen LogP contribution in [0.4, 0.5) is 0 Å². The van der Waals surface area contributed by atoms with Crippen molar-refractivity contribution in [3.8, 4) is 0 Å². The van der Waals surface area contributed by atoms with E-state index in [9.17, 15) is 4.79 Å². The van der Waals surface area contributed by atoms with Crippen molar-refractivity contribution >= 4 is 17.7 Å². The van der Waals surface area contributed by atoms with E-state index in [2.05, 4.69) is 15.3 Å². The quantitative estimate of drug-likeness (QED) is 0.654. The molecule has 0 aromatic carbocycles. The topological polar surface area (TPSA) is 58.1 Å². The van der Waals surface area contributed by atoms with E-state index in [1.54, 1.807) is 0 Å². The van der Waals surface area contributed by atoms with Gasteiger partial charge in [0.05, 0.1) is 5.75 Å². The lowest BCUT2D eigenvalue weighted by atomic mass is 10.1. The van der Waals surface area contributed by atoms with Crippen LogP contribution in [0.25, 0.3) is 0 Å². The summed E-state index contributed by atoms with van der Waals surface area (Å²) in [5.41, 5.74) is 1.89. The Morgan fingerprint density at radius 1 is 1.45 bits per heavy atom. The lowest BCUT2D eigenvalue weighted by molar-refractivity contribution is -0.127. The number of nitrogens with one attached hydrogen (secondary N) is 1. The summed E-state index contributed by atoms with van der Waals surface area (Å²) in [6, 6.07) is 1.94. The average Bonchev–Trinajstić information content (AvgIpc) is 2.84. The second kappa shape index (κ2) is 7.04. The Labute approximate surface area is 124 Å².